The van der Waals surface area contributed by atoms with Gasteiger partial charge < -0.3 is 14.8 Å². The molecule has 6 nitrogen and oxygen atoms in total. The van der Waals surface area contributed by atoms with Crippen molar-refractivity contribution in [2.24, 2.45) is 13.0 Å². The van der Waals surface area contributed by atoms with Crippen molar-refractivity contribution in [1.82, 2.24) is 19.8 Å². The van der Waals surface area contributed by atoms with Crippen molar-refractivity contribution >= 4 is 11.8 Å². The molecule has 0 spiro atoms. The fourth-order valence-electron chi connectivity index (χ4n) is 3.27. The number of aromatic nitrogens is 2. The van der Waals surface area contributed by atoms with Crippen LogP contribution in [0.1, 0.15) is 29.0 Å². The lowest BCUT2D eigenvalue weighted by Gasteiger charge is -2.32. The van der Waals surface area contributed by atoms with Crippen LogP contribution in [0.4, 0.5) is 0 Å². The van der Waals surface area contributed by atoms with E-state index in [0.717, 1.165) is 32.4 Å². The van der Waals surface area contributed by atoms with E-state index in [1.165, 1.54) is 5.56 Å². The monoisotopic (exact) mass is 340 g/mol. The maximum absolute atomic E-state index is 12.3. The molecule has 2 amide bonds. The second-order valence-electron chi connectivity index (χ2n) is 6.56. The lowest BCUT2D eigenvalue weighted by Crippen LogP contribution is -2.44. The molecule has 0 unspecified atom stereocenters. The predicted molar refractivity (Wildman–Crippen MR) is 95.0 cm³/mol. The fraction of sp³-hybridized carbons (Fsp3) is 0.421. The third-order valence-corrected chi connectivity index (χ3v) is 4.76. The minimum Gasteiger partial charge on any atom is -0.341 e. The van der Waals surface area contributed by atoms with E-state index in [-0.39, 0.29) is 18.4 Å². The molecule has 25 heavy (non-hydrogen) atoms. The number of hydrogen-bond donors (Lipinski definition) is 1. The molecular weight excluding hydrogens is 316 g/mol. The molecule has 1 aliphatic rings. The number of piperidine rings is 1. The summed E-state index contributed by atoms with van der Waals surface area (Å²) in [5.41, 5.74) is 1.36. The van der Waals surface area contributed by atoms with Gasteiger partial charge in [-0.05, 0) is 30.7 Å². The highest BCUT2D eigenvalue weighted by atomic mass is 16.2. The third-order valence-electron chi connectivity index (χ3n) is 4.76. The summed E-state index contributed by atoms with van der Waals surface area (Å²) in [6.45, 7) is 1.54. The summed E-state index contributed by atoms with van der Waals surface area (Å²) < 4.78 is 1.63. The number of nitrogens with zero attached hydrogens (tertiary/aromatic N) is 3. The summed E-state index contributed by atoms with van der Waals surface area (Å²) in [5, 5.41) is 2.66. The van der Waals surface area contributed by atoms with E-state index in [1.807, 2.05) is 11.0 Å². The van der Waals surface area contributed by atoms with Crippen molar-refractivity contribution in [3.63, 3.8) is 0 Å². The van der Waals surface area contributed by atoms with E-state index < -0.39 is 0 Å². The zero-order valence-corrected chi connectivity index (χ0v) is 14.5. The second-order valence-corrected chi connectivity index (χ2v) is 6.56. The van der Waals surface area contributed by atoms with Crippen molar-refractivity contribution in [2.45, 2.75) is 19.3 Å². The summed E-state index contributed by atoms with van der Waals surface area (Å²) in [4.78, 5) is 30.1. The topological polar surface area (TPSA) is 67.2 Å². The van der Waals surface area contributed by atoms with Crippen LogP contribution in [-0.4, -0.2) is 45.9 Å². The molecular formula is C19H24N4O2. The van der Waals surface area contributed by atoms with Gasteiger partial charge in [0.05, 0.1) is 6.54 Å². The summed E-state index contributed by atoms with van der Waals surface area (Å²) in [7, 11) is 1.75. The molecule has 0 saturated carbocycles. The minimum absolute atomic E-state index is 0.0229. The van der Waals surface area contributed by atoms with Gasteiger partial charge in [0.2, 0.25) is 5.91 Å². The highest BCUT2D eigenvalue weighted by Gasteiger charge is 2.23. The molecule has 6 heteroatoms. The van der Waals surface area contributed by atoms with Gasteiger partial charge in [0.15, 0.2) is 5.82 Å². The molecule has 1 fully saturated rings. The molecule has 2 heterocycles. The third kappa shape index (κ3) is 4.47. The molecule has 1 saturated heterocycles. The molecule has 0 bridgehead atoms. The molecule has 1 aromatic heterocycles. The SMILES string of the molecule is Cn1ccnc1C(=O)NCC(=O)N1CCC(Cc2ccccc2)CC1. The molecule has 1 aromatic carbocycles. The number of amides is 2. The Balaban J connectivity index is 1.42. The number of imidazole rings is 1. The maximum Gasteiger partial charge on any atom is 0.287 e. The summed E-state index contributed by atoms with van der Waals surface area (Å²) in [6.07, 6.45) is 6.35. The second kappa shape index (κ2) is 7.96. The number of carbonyl (C=O) groups is 2. The van der Waals surface area contributed by atoms with Crippen molar-refractivity contribution < 1.29 is 9.59 Å². The predicted octanol–water partition coefficient (Wildman–Crippen LogP) is 1.63. The van der Waals surface area contributed by atoms with Crippen molar-refractivity contribution in [2.75, 3.05) is 19.6 Å². The number of rotatable bonds is 5. The Kier molecular flexibility index (Phi) is 5.48. The van der Waals surface area contributed by atoms with Crippen LogP contribution >= 0.6 is 0 Å². The Labute approximate surface area is 147 Å². The fourth-order valence-corrected chi connectivity index (χ4v) is 3.27. The van der Waals surface area contributed by atoms with E-state index in [2.05, 4.69) is 34.6 Å². The van der Waals surface area contributed by atoms with E-state index in [0.29, 0.717) is 11.7 Å². The van der Waals surface area contributed by atoms with Crippen LogP contribution in [0, 0.1) is 5.92 Å². The largest absolute Gasteiger partial charge is 0.341 e. The van der Waals surface area contributed by atoms with Crippen LogP contribution in [0.3, 0.4) is 0 Å². The summed E-state index contributed by atoms with van der Waals surface area (Å²) in [5.74, 6) is 0.587. The van der Waals surface area contributed by atoms with Gasteiger partial charge in [0, 0.05) is 32.5 Å². The van der Waals surface area contributed by atoms with Gasteiger partial charge in [0.1, 0.15) is 0 Å². The van der Waals surface area contributed by atoms with Crippen LogP contribution in [0.5, 0.6) is 0 Å². The molecule has 0 atom stereocenters. The number of nitrogens with one attached hydrogen (secondary N) is 1. The quantitative estimate of drug-likeness (QED) is 0.900. The van der Waals surface area contributed by atoms with Gasteiger partial charge >= 0.3 is 0 Å². The van der Waals surface area contributed by atoms with Gasteiger partial charge in [-0.15, -0.1) is 0 Å². The van der Waals surface area contributed by atoms with Crippen molar-refractivity contribution in [3.8, 4) is 0 Å². The van der Waals surface area contributed by atoms with Crippen molar-refractivity contribution in [1.29, 1.82) is 0 Å². The smallest absolute Gasteiger partial charge is 0.287 e. The first-order valence-electron chi connectivity index (χ1n) is 8.70. The Morgan fingerprint density at radius 2 is 1.92 bits per heavy atom. The summed E-state index contributed by atoms with van der Waals surface area (Å²) in [6, 6.07) is 10.5. The number of benzene rings is 1. The van der Waals surface area contributed by atoms with Gasteiger partial charge in [-0.2, -0.15) is 0 Å². The normalized spacial score (nSPS) is 15.2. The standard InChI is InChI=1S/C19H24N4O2/c1-22-12-9-20-18(22)19(25)21-14-17(24)23-10-7-16(8-11-23)13-15-5-3-2-4-6-15/h2-6,9,12,16H,7-8,10-11,13-14H2,1H3,(H,21,25). The van der Waals surface area contributed by atoms with Gasteiger partial charge in [0.25, 0.3) is 5.91 Å². The lowest BCUT2D eigenvalue weighted by molar-refractivity contribution is -0.131. The first kappa shape index (κ1) is 17.2. The van der Waals surface area contributed by atoms with E-state index in [1.54, 1.807) is 24.0 Å². The number of likely N-dealkylation sites (tertiary alicyclic amines) is 1. The first-order valence-corrected chi connectivity index (χ1v) is 8.70. The van der Waals surface area contributed by atoms with E-state index in [9.17, 15) is 9.59 Å². The van der Waals surface area contributed by atoms with Crippen LogP contribution in [0.25, 0.3) is 0 Å². The van der Waals surface area contributed by atoms with Gasteiger partial charge in [-0.3, -0.25) is 9.59 Å². The average Bonchev–Trinajstić information content (AvgIpc) is 3.07. The Morgan fingerprint density at radius 1 is 1.20 bits per heavy atom. The molecule has 0 radical (unpaired) electrons. The zero-order chi connectivity index (χ0) is 17.6. The van der Waals surface area contributed by atoms with Crippen LogP contribution in [0.2, 0.25) is 0 Å². The maximum atomic E-state index is 12.3. The Hall–Kier alpha value is -2.63. The molecule has 3 rings (SSSR count). The molecule has 1 N–H and O–H groups in total. The highest BCUT2D eigenvalue weighted by molar-refractivity contribution is 5.93. The number of carbonyl (C=O) groups excluding carboxylic acids is 2. The van der Waals surface area contributed by atoms with Crippen LogP contribution in [-0.2, 0) is 18.3 Å². The molecule has 0 aliphatic carbocycles. The molecule has 132 valence electrons. The summed E-state index contributed by atoms with van der Waals surface area (Å²) >= 11 is 0. The first-order chi connectivity index (χ1) is 12.1. The van der Waals surface area contributed by atoms with Crippen LogP contribution in [0.15, 0.2) is 42.7 Å². The van der Waals surface area contributed by atoms with Gasteiger partial charge in [-0.1, -0.05) is 30.3 Å². The van der Waals surface area contributed by atoms with E-state index in [4.69, 9.17) is 0 Å². The number of aryl methyl sites for hydroxylation is 1. The van der Waals surface area contributed by atoms with Gasteiger partial charge in [-0.25, -0.2) is 4.98 Å². The Bertz CT molecular complexity index is 718. The van der Waals surface area contributed by atoms with Crippen LogP contribution < -0.4 is 5.32 Å². The highest BCUT2D eigenvalue weighted by Crippen LogP contribution is 2.21. The molecule has 1 aliphatic heterocycles. The van der Waals surface area contributed by atoms with Crippen molar-refractivity contribution in [3.05, 3.63) is 54.1 Å². The molecule has 2 aromatic rings. The zero-order valence-electron chi connectivity index (χ0n) is 14.5. The van der Waals surface area contributed by atoms with E-state index >= 15 is 0 Å². The Morgan fingerprint density at radius 3 is 2.56 bits per heavy atom. The average molecular weight is 340 g/mol. The number of hydrogen-bond acceptors (Lipinski definition) is 3. The lowest BCUT2D eigenvalue weighted by atomic mass is 9.90. The minimum atomic E-state index is -0.320.